The van der Waals surface area contributed by atoms with Gasteiger partial charge in [-0.25, -0.2) is 4.79 Å². The molecule has 0 radical (unpaired) electrons. The van der Waals surface area contributed by atoms with E-state index in [1.165, 1.54) is 12.1 Å². The van der Waals surface area contributed by atoms with E-state index < -0.39 is 5.97 Å². The zero-order valence-corrected chi connectivity index (χ0v) is 12.3. The van der Waals surface area contributed by atoms with Crippen LogP contribution in [-0.4, -0.2) is 17.0 Å². The van der Waals surface area contributed by atoms with Crippen molar-refractivity contribution in [2.24, 2.45) is 17.8 Å². The van der Waals surface area contributed by atoms with Crippen molar-refractivity contribution in [1.29, 1.82) is 0 Å². The first-order chi connectivity index (χ1) is 9.54. The van der Waals surface area contributed by atoms with E-state index in [1.807, 2.05) is 0 Å². The van der Waals surface area contributed by atoms with Crippen LogP contribution in [0.4, 0.5) is 5.69 Å². The number of hydrogen-bond donors (Lipinski definition) is 2. The molecule has 1 fully saturated rings. The van der Waals surface area contributed by atoms with Gasteiger partial charge in [-0.1, -0.05) is 12.2 Å². The summed E-state index contributed by atoms with van der Waals surface area (Å²) in [4.78, 5) is 23.3. The van der Waals surface area contributed by atoms with Gasteiger partial charge < -0.3 is 10.4 Å². The maximum absolute atomic E-state index is 12.3. The predicted octanol–water partition coefficient (Wildman–Crippen LogP) is 3.30. The molecular formula is C15H14BrNO3. The number of anilines is 1. The molecule has 3 rings (SSSR count). The molecule has 4 nitrogen and oxygen atoms in total. The predicted molar refractivity (Wildman–Crippen MR) is 78.6 cm³/mol. The second kappa shape index (κ2) is 5.05. The molecule has 2 bridgehead atoms. The van der Waals surface area contributed by atoms with E-state index in [0.717, 1.165) is 12.8 Å². The smallest absolute Gasteiger partial charge is 0.335 e. The summed E-state index contributed by atoms with van der Waals surface area (Å²) in [7, 11) is 0. The Morgan fingerprint density at radius 1 is 1.25 bits per heavy atom. The highest BCUT2D eigenvalue weighted by molar-refractivity contribution is 9.10. The van der Waals surface area contributed by atoms with E-state index in [2.05, 4.69) is 33.4 Å². The molecule has 3 unspecified atom stereocenters. The molecule has 1 saturated carbocycles. The number of halogens is 1. The molecule has 2 aliphatic carbocycles. The highest BCUT2D eigenvalue weighted by Crippen LogP contribution is 2.44. The fraction of sp³-hybridized carbons (Fsp3) is 0.333. The van der Waals surface area contributed by atoms with Gasteiger partial charge in [-0.2, -0.15) is 0 Å². The van der Waals surface area contributed by atoms with Crippen molar-refractivity contribution >= 4 is 33.5 Å². The van der Waals surface area contributed by atoms with Crippen molar-refractivity contribution in [3.63, 3.8) is 0 Å². The first-order valence-electron chi connectivity index (χ1n) is 6.56. The maximum Gasteiger partial charge on any atom is 0.335 e. The Balaban J connectivity index is 1.77. The van der Waals surface area contributed by atoms with Crippen molar-refractivity contribution in [2.75, 3.05) is 5.32 Å². The Bertz CT molecular complexity index is 611. The molecule has 1 aromatic rings. The van der Waals surface area contributed by atoms with Gasteiger partial charge in [0.15, 0.2) is 0 Å². The van der Waals surface area contributed by atoms with Crippen LogP contribution >= 0.6 is 15.9 Å². The lowest BCUT2D eigenvalue weighted by molar-refractivity contribution is -0.120. The molecule has 1 amide bonds. The SMILES string of the molecule is O=C(O)c1ccc(Br)c(NC(=O)C2CC3C=CC2C3)c1. The van der Waals surface area contributed by atoms with Crippen molar-refractivity contribution in [1.82, 2.24) is 0 Å². The number of nitrogens with one attached hydrogen (secondary N) is 1. The fourth-order valence-corrected chi connectivity index (χ4v) is 3.41. The van der Waals surface area contributed by atoms with Gasteiger partial charge in [0, 0.05) is 10.4 Å². The van der Waals surface area contributed by atoms with E-state index in [0.29, 0.717) is 22.0 Å². The van der Waals surface area contributed by atoms with E-state index in [4.69, 9.17) is 5.11 Å². The Kier molecular flexibility index (Phi) is 3.38. The third kappa shape index (κ3) is 2.38. The molecule has 0 saturated heterocycles. The van der Waals surface area contributed by atoms with Crippen molar-refractivity contribution in [3.8, 4) is 0 Å². The maximum atomic E-state index is 12.3. The topological polar surface area (TPSA) is 66.4 Å². The summed E-state index contributed by atoms with van der Waals surface area (Å²) >= 11 is 3.34. The average molecular weight is 336 g/mol. The lowest BCUT2D eigenvalue weighted by Gasteiger charge is -2.18. The quantitative estimate of drug-likeness (QED) is 0.833. The second-order valence-corrected chi connectivity index (χ2v) is 6.23. The highest BCUT2D eigenvalue weighted by Gasteiger charge is 2.39. The van der Waals surface area contributed by atoms with Crippen LogP contribution in [0.2, 0.25) is 0 Å². The van der Waals surface area contributed by atoms with Gasteiger partial charge in [0.25, 0.3) is 0 Å². The van der Waals surface area contributed by atoms with Crippen LogP contribution in [0.1, 0.15) is 23.2 Å². The largest absolute Gasteiger partial charge is 0.478 e. The molecule has 3 atom stereocenters. The molecule has 2 N–H and O–H groups in total. The number of benzene rings is 1. The van der Waals surface area contributed by atoms with Gasteiger partial charge in [-0.05, 0) is 58.8 Å². The minimum atomic E-state index is -1.00. The zero-order chi connectivity index (χ0) is 14.3. The van der Waals surface area contributed by atoms with Crippen molar-refractivity contribution < 1.29 is 14.7 Å². The van der Waals surface area contributed by atoms with Crippen LogP contribution < -0.4 is 5.32 Å². The third-order valence-electron chi connectivity index (χ3n) is 4.09. The van der Waals surface area contributed by atoms with E-state index in [9.17, 15) is 9.59 Å². The van der Waals surface area contributed by atoms with Crippen LogP contribution in [0.25, 0.3) is 0 Å². The van der Waals surface area contributed by atoms with E-state index in [-0.39, 0.29) is 17.4 Å². The number of amides is 1. The summed E-state index contributed by atoms with van der Waals surface area (Å²) in [5, 5.41) is 11.8. The number of fused-ring (bicyclic) bond motifs is 2. The monoisotopic (exact) mass is 335 g/mol. The van der Waals surface area contributed by atoms with E-state index in [1.54, 1.807) is 6.07 Å². The Hall–Kier alpha value is -1.62. The standard InChI is InChI=1S/C15H14BrNO3/c16-12-4-3-10(15(19)20)7-13(12)17-14(18)11-6-8-1-2-9(11)5-8/h1-4,7-9,11H,5-6H2,(H,17,18)(H,19,20). The minimum absolute atomic E-state index is 0.00499. The summed E-state index contributed by atoms with van der Waals surface area (Å²) in [5.41, 5.74) is 0.679. The summed E-state index contributed by atoms with van der Waals surface area (Å²) in [6.45, 7) is 0. The van der Waals surface area contributed by atoms with Gasteiger partial charge in [0.2, 0.25) is 5.91 Å². The number of carboxylic acid groups (broad SMARTS) is 1. The molecule has 0 aromatic heterocycles. The molecule has 104 valence electrons. The van der Waals surface area contributed by atoms with Gasteiger partial charge in [-0.3, -0.25) is 4.79 Å². The normalized spacial score (nSPS) is 26.8. The molecule has 0 aliphatic heterocycles. The first kappa shape index (κ1) is 13.4. The Morgan fingerprint density at radius 2 is 2.05 bits per heavy atom. The van der Waals surface area contributed by atoms with Crippen LogP contribution in [-0.2, 0) is 4.79 Å². The van der Waals surface area contributed by atoms with Crippen LogP contribution in [0.3, 0.4) is 0 Å². The van der Waals surface area contributed by atoms with Gasteiger partial charge >= 0.3 is 5.97 Å². The number of allylic oxidation sites excluding steroid dienone is 2. The molecule has 5 heteroatoms. The molecule has 0 spiro atoms. The number of carbonyl (C=O) groups is 2. The first-order valence-corrected chi connectivity index (χ1v) is 7.36. The zero-order valence-electron chi connectivity index (χ0n) is 10.7. The number of rotatable bonds is 3. The van der Waals surface area contributed by atoms with Crippen molar-refractivity contribution in [2.45, 2.75) is 12.8 Å². The molecule has 20 heavy (non-hydrogen) atoms. The Labute approximate surface area is 125 Å². The second-order valence-electron chi connectivity index (χ2n) is 5.38. The van der Waals surface area contributed by atoms with Crippen LogP contribution in [0.5, 0.6) is 0 Å². The van der Waals surface area contributed by atoms with Crippen LogP contribution in [0, 0.1) is 17.8 Å². The number of carbonyl (C=O) groups excluding carboxylic acids is 1. The molecule has 2 aliphatic rings. The lowest BCUT2D eigenvalue weighted by Crippen LogP contribution is -2.26. The molecule has 0 heterocycles. The summed E-state index contributed by atoms with van der Waals surface area (Å²) in [5.74, 6) is -0.155. The lowest BCUT2D eigenvalue weighted by atomic mass is 9.93. The number of carboxylic acids is 1. The van der Waals surface area contributed by atoms with Crippen LogP contribution in [0.15, 0.2) is 34.8 Å². The minimum Gasteiger partial charge on any atom is -0.478 e. The molecular weight excluding hydrogens is 322 g/mol. The summed E-state index contributed by atoms with van der Waals surface area (Å²) in [6, 6.07) is 4.62. The third-order valence-corrected chi connectivity index (χ3v) is 4.78. The van der Waals surface area contributed by atoms with Gasteiger partial charge in [-0.15, -0.1) is 0 Å². The van der Waals surface area contributed by atoms with E-state index >= 15 is 0 Å². The summed E-state index contributed by atoms with van der Waals surface area (Å²) < 4.78 is 0.689. The van der Waals surface area contributed by atoms with Gasteiger partial charge in [0.05, 0.1) is 11.3 Å². The molecule has 1 aromatic carbocycles. The highest BCUT2D eigenvalue weighted by atomic mass is 79.9. The Morgan fingerprint density at radius 3 is 2.65 bits per heavy atom. The number of hydrogen-bond acceptors (Lipinski definition) is 2. The fourth-order valence-electron chi connectivity index (χ4n) is 3.06. The summed E-state index contributed by atoms with van der Waals surface area (Å²) in [6.07, 6.45) is 6.27. The van der Waals surface area contributed by atoms with Crippen molar-refractivity contribution in [3.05, 3.63) is 40.4 Å². The average Bonchev–Trinajstić information content (AvgIpc) is 3.03. The van der Waals surface area contributed by atoms with Gasteiger partial charge in [0.1, 0.15) is 0 Å². The number of aromatic carboxylic acids is 1.